The highest BCUT2D eigenvalue weighted by Gasteiger charge is 1.99. The third-order valence-electron chi connectivity index (χ3n) is 1.76. The normalized spacial score (nSPS) is 9.69. The van der Waals surface area contributed by atoms with Gasteiger partial charge in [-0.3, -0.25) is 0 Å². The van der Waals surface area contributed by atoms with Gasteiger partial charge >= 0.3 is 6.03 Å². The van der Waals surface area contributed by atoms with Crippen LogP contribution in [0.5, 0.6) is 0 Å². The summed E-state index contributed by atoms with van der Waals surface area (Å²) in [5.74, 6) is 0. The van der Waals surface area contributed by atoms with Crippen LogP contribution < -0.4 is 11.1 Å². The van der Waals surface area contributed by atoms with E-state index in [9.17, 15) is 4.79 Å². The van der Waals surface area contributed by atoms with E-state index < -0.39 is 6.03 Å². The lowest BCUT2D eigenvalue weighted by atomic mass is 10.1. The molecule has 0 atom stereocenters. The van der Waals surface area contributed by atoms with Crippen molar-refractivity contribution in [2.24, 2.45) is 5.73 Å². The zero-order valence-corrected chi connectivity index (χ0v) is 8.06. The van der Waals surface area contributed by atoms with Gasteiger partial charge < -0.3 is 11.1 Å². The molecule has 13 heavy (non-hydrogen) atoms. The number of aryl methyl sites for hydroxylation is 1. The summed E-state index contributed by atoms with van der Waals surface area (Å²) in [6.45, 7) is 2.38. The second-order valence-corrected chi connectivity index (χ2v) is 3.23. The highest BCUT2D eigenvalue weighted by molar-refractivity contribution is 6.30. The van der Waals surface area contributed by atoms with E-state index in [1.807, 2.05) is 19.1 Å². The van der Waals surface area contributed by atoms with Crippen molar-refractivity contribution in [2.75, 3.05) is 0 Å². The van der Waals surface area contributed by atoms with Crippen LogP contribution in [0.15, 0.2) is 18.2 Å². The summed E-state index contributed by atoms with van der Waals surface area (Å²) < 4.78 is 0. The molecule has 1 aromatic rings. The number of hydrogen-bond acceptors (Lipinski definition) is 1. The Balaban J connectivity index is 2.72. The first-order chi connectivity index (χ1) is 6.09. The first-order valence-corrected chi connectivity index (χ1v) is 4.25. The summed E-state index contributed by atoms with van der Waals surface area (Å²) in [5.41, 5.74) is 7.00. The van der Waals surface area contributed by atoms with Crippen LogP contribution in [0.2, 0.25) is 5.02 Å². The van der Waals surface area contributed by atoms with Crippen molar-refractivity contribution < 1.29 is 4.79 Å². The monoisotopic (exact) mass is 198 g/mol. The molecule has 3 N–H and O–H groups in total. The maximum atomic E-state index is 10.4. The second-order valence-electron chi connectivity index (χ2n) is 2.79. The minimum atomic E-state index is -0.519. The molecule has 0 bridgehead atoms. The van der Waals surface area contributed by atoms with Crippen LogP contribution in [-0.2, 0) is 6.54 Å². The van der Waals surface area contributed by atoms with Gasteiger partial charge in [-0.15, -0.1) is 0 Å². The molecule has 4 heteroatoms. The van der Waals surface area contributed by atoms with Crippen molar-refractivity contribution in [3.8, 4) is 0 Å². The topological polar surface area (TPSA) is 55.1 Å². The number of carbonyl (C=O) groups is 1. The first-order valence-electron chi connectivity index (χ1n) is 3.88. The number of rotatable bonds is 2. The third kappa shape index (κ3) is 2.95. The molecule has 0 radical (unpaired) electrons. The van der Waals surface area contributed by atoms with Crippen LogP contribution in [0.3, 0.4) is 0 Å². The lowest BCUT2D eigenvalue weighted by molar-refractivity contribution is 0.248. The van der Waals surface area contributed by atoms with Gasteiger partial charge in [0.05, 0.1) is 0 Å². The number of benzene rings is 1. The Labute approximate surface area is 81.9 Å². The van der Waals surface area contributed by atoms with Gasteiger partial charge in [-0.05, 0) is 30.2 Å². The maximum Gasteiger partial charge on any atom is 0.312 e. The SMILES string of the molecule is Cc1cc(Cl)ccc1CNC(N)=O. The highest BCUT2D eigenvalue weighted by Crippen LogP contribution is 2.14. The van der Waals surface area contributed by atoms with Crippen molar-refractivity contribution in [3.05, 3.63) is 34.3 Å². The van der Waals surface area contributed by atoms with Crippen molar-refractivity contribution >= 4 is 17.6 Å². The lowest BCUT2D eigenvalue weighted by Gasteiger charge is -2.05. The van der Waals surface area contributed by atoms with E-state index in [-0.39, 0.29) is 0 Å². The summed E-state index contributed by atoms with van der Waals surface area (Å²) in [4.78, 5) is 10.4. The van der Waals surface area contributed by atoms with Crippen LogP contribution in [-0.4, -0.2) is 6.03 Å². The molecule has 0 aliphatic rings. The predicted molar refractivity (Wildman–Crippen MR) is 52.6 cm³/mol. The van der Waals surface area contributed by atoms with Crippen LogP contribution in [0.4, 0.5) is 4.79 Å². The highest BCUT2D eigenvalue weighted by atomic mass is 35.5. The van der Waals surface area contributed by atoms with Crippen LogP contribution in [0.25, 0.3) is 0 Å². The zero-order valence-electron chi connectivity index (χ0n) is 7.30. The molecule has 0 saturated heterocycles. The second kappa shape index (κ2) is 4.14. The molecule has 0 heterocycles. The molecule has 0 saturated carbocycles. The Morgan fingerprint density at radius 1 is 1.62 bits per heavy atom. The summed E-state index contributed by atoms with van der Waals surface area (Å²) in [6, 6.07) is 4.98. The first kappa shape index (κ1) is 9.86. The summed E-state index contributed by atoms with van der Waals surface area (Å²) >= 11 is 5.77. The van der Waals surface area contributed by atoms with Gasteiger partial charge in [0.1, 0.15) is 0 Å². The molecule has 70 valence electrons. The standard InChI is InChI=1S/C9H11ClN2O/c1-6-4-8(10)3-2-7(6)5-12-9(11)13/h2-4H,5H2,1H3,(H3,11,12,13). The fraction of sp³-hybridized carbons (Fsp3) is 0.222. The Morgan fingerprint density at radius 3 is 2.85 bits per heavy atom. The fourth-order valence-corrected chi connectivity index (χ4v) is 1.27. The van der Waals surface area contributed by atoms with E-state index >= 15 is 0 Å². The molecule has 3 nitrogen and oxygen atoms in total. The van der Waals surface area contributed by atoms with Gasteiger partial charge in [0.2, 0.25) is 0 Å². The number of carbonyl (C=O) groups excluding carboxylic acids is 1. The van der Waals surface area contributed by atoms with E-state index in [0.717, 1.165) is 11.1 Å². The van der Waals surface area contributed by atoms with Gasteiger partial charge in [0.15, 0.2) is 0 Å². The number of nitrogens with two attached hydrogens (primary N) is 1. The van der Waals surface area contributed by atoms with E-state index in [2.05, 4.69) is 5.32 Å². The molecule has 0 aliphatic heterocycles. The van der Waals surface area contributed by atoms with E-state index in [1.54, 1.807) is 6.07 Å². The molecule has 0 spiro atoms. The predicted octanol–water partition coefficient (Wildman–Crippen LogP) is 1.82. The number of halogens is 1. The Hall–Kier alpha value is -1.22. The summed E-state index contributed by atoms with van der Waals surface area (Å²) in [7, 11) is 0. The van der Waals surface area contributed by atoms with Crippen molar-refractivity contribution in [3.63, 3.8) is 0 Å². The molecule has 0 aromatic heterocycles. The largest absolute Gasteiger partial charge is 0.352 e. The third-order valence-corrected chi connectivity index (χ3v) is 1.99. The molecule has 0 unspecified atom stereocenters. The van der Waals surface area contributed by atoms with E-state index in [0.29, 0.717) is 11.6 Å². The summed E-state index contributed by atoms with van der Waals surface area (Å²) in [6.07, 6.45) is 0. The molecule has 0 aliphatic carbocycles. The van der Waals surface area contributed by atoms with Crippen LogP contribution in [0, 0.1) is 6.92 Å². The minimum absolute atomic E-state index is 0.443. The average molecular weight is 199 g/mol. The number of urea groups is 1. The Kier molecular flexibility index (Phi) is 3.14. The maximum absolute atomic E-state index is 10.4. The van der Waals surface area contributed by atoms with Crippen molar-refractivity contribution in [2.45, 2.75) is 13.5 Å². The molecule has 2 amide bonds. The van der Waals surface area contributed by atoms with Gasteiger partial charge in [-0.1, -0.05) is 17.7 Å². The summed E-state index contributed by atoms with van der Waals surface area (Å²) in [5, 5.41) is 3.21. The van der Waals surface area contributed by atoms with Crippen molar-refractivity contribution in [1.82, 2.24) is 5.32 Å². The Bertz CT molecular complexity index is 325. The number of amides is 2. The van der Waals surface area contributed by atoms with E-state index in [4.69, 9.17) is 17.3 Å². The molecular weight excluding hydrogens is 188 g/mol. The van der Waals surface area contributed by atoms with Crippen molar-refractivity contribution in [1.29, 1.82) is 0 Å². The number of nitrogens with one attached hydrogen (secondary N) is 1. The van der Waals surface area contributed by atoms with Crippen LogP contribution in [0.1, 0.15) is 11.1 Å². The zero-order chi connectivity index (χ0) is 9.84. The quantitative estimate of drug-likeness (QED) is 0.749. The molecule has 0 fully saturated rings. The molecular formula is C9H11ClN2O. The number of primary amides is 1. The van der Waals surface area contributed by atoms with E-state index in [1.165, 1.54) is 0 Å². The minimum Gasteiger partial charge on any atom is -0.352 e. The number of hydrogen-bond donors (Lipinski definition) is 2. The molecule has 1 rings (SSSR count). The molecule has 1 aromatic carbocycles. The van der Waals surface area contributed by atoms with Gasteiger partial charge in [-0.2, -0.15) is 0 Å². The Morgan fingerprint density at radius 2 is 2.31 bits per heavy atom. The smallest absolute Gasteiger partial charge is 0.312 e. The van der Waals surface area contributed by atoms with Crippen LogP contribution >= 0.6 is 11.6 Å². The van der Waals surface area contributed by atoms with Gasteiger partial charge in [0.25, 0.3) is 0 Å². The average Bonchev–Trinajstić information content (AvgIpc) is 2.02. The lowest BCUT2D eigenvalue weighted by Crippen LogP contribution is -2.28. The fourth-order valence-electron chi connectivity index (χ4n) is 1.04. The van der Waals surface area contributed by atoms with Gasteiger partial charge in [-0.25, -0.2) is 4.79 Å². The van der Waals surface area contributed by atoms with Gasteiger partial charge in [0, 0.05) is 11.6 Å².